The molecule has 0 rings (SSSR count). The molecule has 0 aromatic carbocycles. The molecule has 0 saturated carbocycles. The highest BCUT2D eigenvalue weighted by molar-refractivity contribution is 5.69. The second-order valence-corrected chi connectivity index (χ2v) is 12.8. The minimum absolute atomic E-state index is 0.00529. The van der Waals surface area contributed by atoms with Gasteiger partial charge in [-0.1, -0.05) is 168 Å². The number of ether oxygens (including phenoxy) is 1. The highest BCUT2D eigenvalue weighted by atomic mass is 16.5. The molecule has 41 heavy (non-hydrogen) atoms. The van der Waals surface area contributed by atoms with Gasteiger partial charge in [-0.05, 0) is 38.5 Å². The van der Waals surface area contributed by atoms with Crippen LogP contribution in [0.4, 0.5) is 0 Å². The summed E-state index contributed by atoms with van der Waals surface area (Å²) >= 11 is 0. The fourth-order valence-corrected chi connectivity index (χ4v) is 5.83. The first-order valence-corrected chi connectivity index (χ1v) is 18.5. The minimum Gasteiger partial charge on any atom is -0.481 e. The van der Waals surface area contributed by atoms with E-state index in [0.717, 1.165) is 64.2 Å². The van der Waals surface area contributed by atoms with Crippen molar-refractivity contribution >= 4 is 11.9 Å². The average molecular weight is 581 g/mol. The number of unbranched alkanes of at least 4 members (excludes halogenated alkanes) is 25. The Balaban J connectivity index is 4.02. The van der Waals surface area contributed by atoms with E-state index < -0.39 is 5.97 Å². The third-order valence-electron chi connectivity index (χ3n) is 8.58. The molecule has 1 N–H and O–H groups in total. The van der Waals surface area contributed by atoms with E-state index in [9.17, 15) is 9.59 Å². The summed E-state index contributed by atoms with van der Waals surface area (Å²) in [7, 11) is 0. The molecule has 0 aliphatic rings. The van der Waals surface area contributed by atoms with Gasteiger partial charge in [0.05, 0.1) is 0 Å². The summed E-state index contributed by atoms with van der Waals surface area (Å²) in [4.78, 5) is 23.3. The molecule has 0 aromatic rings. The molecule has 0 bridgehead atoms. The number of aliphatic carboxylic acids is 1. The van der Waals surface area contributed by atoms with Crippen molar-refractivity contribution in [2.75, 3.05) is 0 Å². The van der Waals surface area contributed by atoms with E-state index in [2.05, 4.69) is 13.8 Å². The Hall–Kier alpha value is -1.06. The Bertz CT molecular complexity index is 547. The van der Waals surface area contributed by atoms with Crippen molar-refractivity contribution in [3.05, 3.63) is 0 Å². The number of carbonyl (C=O) groups is 2. The maximum absolute atomic E-state index is 12.6. The van der Waals surface area contributed by atoms with Crippen molar-refractivity contribution in [2.45, 2.75) is 225 Å². The number of carboxylic acid groups (broad SMARTS) is 1. The van der Waals surface area contributed by atoms with Crippen molar-refractivity contribution in [3.8, 4) is 0 Å². The van der Waals surface area contributed by atoms with Crippen LogP contribution in [-0.2, 0) is 14.3 Å². The van der Waals surface area contributed by atoms with Crippen LogP contribution < -0.4 is 0 Å². The fourth-order valence-electron chi connectivity index (χ4n) is 5.83. The van der Waals surface area contributed by atoms with E-state index in [0.29, 0.717) is 6.42 Å². The van der Waals surface area contributed by atoms with E-state index in [1.165, 1.54) is 128 Å². The molecule has 4 heteroatoms. The van der Waals surface area contributed by atoms with Crippen LogP contribution >= 0.6 is 0 Å². The van der Waals surface area contributed by atoms with Gasteiger partial charge in [0, 0.05) is 12.8 Å². The van der Waals surface area contributed by atoms with Crippen LogP contribution in [0.2, 0.25) is 0 Å². The number of hydrogen-bond acceptors (Lipinski definition) is 3. The van der Waals surface area contributed by atoms with Crippen LogP contribution in [-0.4, -0.2) is 23.1 Å². The molecular formula is C37H72O4. The third-order valence-corrected chi connectivity index (χ3v) is 8.58. The van der Waals surface area contributed by atoms with E-state index in [-0.39, 0.29) is 18.5 Å². The first-order valence-electron chi connectivity index (χ1n) is 18.5. The van der Waals surface area contributed by atoms with Gasteiger partial charge < -0.3 is 9.84 Å². The smallest absolute Gasteiger partial charge is 0.306 e. The SMILES string of the molecule is CCCCCCCCCCCCCCCC(CCCCCCCC(=O)O)OC(=O)CCCCCCCCCCCC. The minimum atomic E-state index is -0.697. The summed E-state index contributed by atoms with van der Waals surface area (Å²) in [5.74, 6) is -0.692. The van der Waals surface area contributed by atoms with Gasteiger partial charge >= 0.3 is 11.9 Å². The number of carboxylic acids is 1. The normalized spacial score (nSPS) is 12.0. The molecule has 0 fully saturated rings. The van der Waals surface area contributed by atoms with Crippen molar-refractivity contribution < 1.29 is 19.4 Å². The lowest BCUT2D eigenvalue weighted by atomic mass is 10.0. The Kier molecular flexibility index (Phi) is 32.6. The zero-order valence-corrected chi connectivity index (χ0v) is 27.9. The van der Waals surface area contributed by atoms with Crippen molar-refractivity contribution in [2.24, 2.45) is 0 Å². The standard InChI is InChI=1S/C37H72O4/c1-3-5-7-9-11-13-15-16-17-18-20-23-27-31-35(32-28-24-22-25-29-33-36(38)39)41-37(40)34-30-26-21-19-14-12-10-8-6-4-2/h35H,3-34H2,1-2H3,(H,38,39). The lowest BCUT2D eigenvalue weighted by Gasteiger charge is -2.18. The van der Waals surface area contributed by atoms with E-state index in [4.69, 9.17) is 9.84 Å². The molecule has 1 atom stereocenters. The van der Waals surface area contributed by atoms with Crippen LogP contribution in [0.1, 0.15) is 219 Å². The number of rotatable bonds is 34. The second-order valence-electron chi connectivity index (χ2n) is 12.8. The highest BCUT2D eigenvalue weighted by Crippen LogP contribution is 2.19. The summed E-state index contributed by atoms with van der Waals surface area (Å²) in [6.45, 7) is 4.54. The number of hydrogen-bond donors (Lipinski definition) is 1. The van der Waals surface area contributed by atoms with E-state index >= 15 is 0 Å². The topological polar surface area (TPSA) is 63.6 Å². The van der Waals surface area contributed by atoms with Gasteiger partial charge in [0.15, 0.2) is 0 Å². The first-order chi connectivity index (χ1) is 20.1. The molecule has 0 heterocycles. The molecule has 0 aromatic heterocycles. The summed E-state index contributed by atoms with van der Waals surface area (Å²) < 4.78 is 5.98. The summed E-state index contributed by atoms with van der Waals surface area (Å²) in [6.07, 6.45) is 38.3. The Morgan fingerprint density at radius 3 is 1.07 bits per heavy atom. The predicted octanol–water partition coefficient (Wildman–Crippen LogP) is 12.5. The maximum atomic E-state index is 12.6. The molecule has 0 aliphatic heterocycles. The largest absolute Gasteiger partial charge is 0.481 e. The molecule has 0 amide bonds. The summed E-state index contributed by atoms with van der Waals surface area (Å²) in [5, 5.41) is 8.79. The Labute approximate surface area is 256 Å². The predicted molar refractivity (Wildman–Crippen MR) is 177 cm³/mol. The van der Waals surface area contributed by atoms with Crippen LogP contribution in [0.5, 0.6) is 0 Å². The quantitative estimate of drug-likeness (QED) is 0.0607. The Morgan fingerprint density at radius 1 is 0.439 bits per heavy atom. The molecular weight excluding hydrogens is 508 g/mol. The van der Waals surface area contributed by atoms with Gasteiger partial charge in [0.25, 0.3) is 0 Å². The lowest BCUT2D eigenvalue weighted by Crippen LogP contribution is -2.18. The summed E-state index contributed by atoms with van der Waals surface area (Å²) in [5.41, 5.74) is 0. The van der Waals surface area contributed by atoms with E-state index in [1.807, 2.05) is 0 Å². The molecule has 244 valence electrons. The van der Waals surface area contributed by atoms with Crippen LogP contribution in [0, 0.1) is 0 Å². The maximum Gasteiger partial charge on any atom is 0.306 e. The zero-order chi connectivity index (χ0) is 30.1. The van der Waals surface area contributed by atoms with E-state index in [1.54, 1.807) is 0 Å². The van der Waals surface area contributed by atoms with Gasteiger partial charge in [0.2, 0.25) is 0 Å². The number of carbonyl (C=O) groups excluding carboxylic acids is 1. The van der Waals surface area contributed by atoms with Crippen molar-refractivity contribution in [1.82, 2.24) is 0 Å². The zero-order valence-electron chi connectivity index (χ0n) is 27.9. The molecule has 0 saturated heterocycles. The second kappa shape index (κ2) is 33.4. The van der Waals surface area contributed by atoms with Crippen molar-refractivity contribution in [1.29, 1.82) is 0 Å². The van der Waals surface area contributed by atoms with Gasteiger partial charge in [-0.15, -0.1) is 0 Å². The average Bonchev–Trinajstić information content (AvgIpc) is 2.95. The van der Waals surface area contributed by atoms with Gasteiger partial charge in [0.1, 0.15) is 6.10 Å². The molecule has 0 aliphatic carbocycles. The van der Waals surface area contributed by atoms with Gasteiger partial charge in [-0.25, -0.2) is 0 Å². The van der Waals surface area contributed by atoms with Crippen molar-refractivity contribution in [3.63, 3.8) is 0 Å². The Morgan fingerprint density at radius 2 is 0.732 bits per heavy atom. The number of esters is 1. The molecule has 1 unspecified atom stereocenters. The molecule has 0 spiro atoms. The van der Waals surface area contributed by atoms with Gasteiger partial charge in [-0.3, -0.25) is 9.59 Å². The molecule has 4 nitrogen and oxygen atoms in total. The highest BCUT2D eigenvalue weighted by Gasteiger charge is 2.14. The lowest BCUT2D eigenvalue weighted by molar-refractivity contribution is -0.150. The monoisotopic (exact) mass is 581 g/mol. The summed E-state index contributed by atoms with van der Waals surface area (Å²) in [6, 6.07) is 0. The van der Waals surface area contributed by atoms with Crippen LogP contribution in [0.15, 0.2) is 0 Å². The molecule has 0 radical (unpaired) electrons. The van der Waals surface area contributed by atoms with Crippen LogP contribution in [0.3, 0.4) is 0 Å². The third kappa shape index (κ3) is 33.3. The van der Waals surface area contributed by atoms with Gasteiger partial charge in [-0.2, -0.15) is 0 Å². The van der Waals surface area contributed by atoms with Crippen LogP contribution in [0.25, 0.3) is 0 Å². The fraction of sp³-hybridized carbons (Fsp3) is 0.946. The first kappa shape index (κ1) is 39.9.